The summed E-state index contributed by atoms with van der Waals surface area (Å²) in [6.45, 7) is 2.31. The average Bonchev–Trinajstić information content (AvgIpc) is 2.38. The van der Waals surface area contributed by atoms with Crippen LogP contribution < -0.4 is 0 Å². The number of esters is 2. The number of aryl methyl sites for hydroxylation is 1. The van der Waals surface area contributed by atoms with Crippen molar-refractivity contribution in [2.24, 2.45) is 0 Å². The Morgan fingerprint density at radius 2 is 1.83 bits per heavy atom. The standard InChI is InChI=1S/C14H16O4/c1-2-3-5-10-6-4-7-11-12(10)14(16)18-9-8-17-13(11)15/h4,6-7H,2-3,5,8-9H2,1H3. The first kappa shape index (κ1) is 12.6. The van der Waals surface area contributed by atoms with Crippen LogP contribution in [-0.2, 0) is 15.9 Å². The van der Waals surface area contributed by atoms with Gasteiger partial charge in [0.2, 0.25) is 0 Å². The molecule has 96 valence electrons. The third kappa shape index (κ3) is 2.53. The van der Waals surface area contributed by atoms with Crippen LogP contribution in [-0.4, -0.2) is 25.2 Å². The van der Waals surface area contributed by atoms with E-state index >= 15 is 0 Å². The maximum atomic E-state index is 12.0. The van der Waals surface area contributed by atoms with Crippen LogP contribution in [0, 0.1) is 0 Å². The van der Waals surface area contributed by atoms with Crippen molar-refractivity contribution in [2.75, 3.05) is 13.2 Å². The molecule has 0 radical (unpaired) electrons. The highest BCUT2D eigenvalue weighted by atomic mass is 16.6. The fourth-order valence-electron chi connectivity index (χ4n) is 2.01. The largest absolute Gasteiger partial charge is 0.458 e. The second-order valence-corrected chi connectivity index (χ2v) is 4.22. The Morgan fingerprint density at radius 1 is 1.11 bits per heavy atom. The number of hydrogen-bond donors (Lipinski definition) is 0. The van der Waals surface area contributed by atoms with E-state index in [0.717, 1.165) is 24.8 Å². The molecule has 18 heavy (non-hydrogen) atoms. The topological polar surface area (TPSA) is 52.6 Å². The summed E-state index contributed by atoms with van der Waals surface area (Å²) in [5.74, 6) is -0.867. The number of unbranched alkanes of at least 4 members (excludes halogenated alkanes) is 1. The number of ether oxygens (including phenoxy) is 2. The number of carbonyl (C=O) groups excluding carboxylic acids is 2. The van der Waals surface area contributed by atoms with Gasteiger partial charge < -0.3 is 9.47 Å². The number of benzene rings is 1. The van der Waals surface area contributed by atoms with Crippen LogP contribution in [0.4, 0.5) is 0 Å². The summed E-state index contributed by atoms with van der Waals surface area (Å²) < 4.78 is 10.1. The number of hydrogen-bond acceptors (Lipinski definition) is 4. The van der Waals surface area contributed by atoms with E-state index in [9.17, 15) is 9.59 Å². The summed E-state index contributed by atoms with van der Waals surface area (Å²) in [5, 5.41) is 0. The van der Waals surface area contributed by atoms with Crippen LogP contribution in [0.25, 0.3) is 0 Å². The van der Waals surface area contributed by atoms with E-state index < -0.39 is 11.9 Å². The lowest BCUT2D eigenvalue weighted by Gasteiger charge is -2.16. The first-order valence-corrected chi connectivity index (χ1v) is 6.20. The molecule has 0 atom stereocenters. The molecule has 0 N–H and O–H groups in total. The molecule has 0 saturated heterocycles. The van der Waals surface area contributed by atoms with Crippen molar-refractivity contribution >= 4 is 11.9 Å². The molecular weight excluding hydrogens is 232 g/mol. The summed E-state index contributed by atoms with van der Waals surface area (Å²) in [6, 6.07) is 5.25. The van der Waals surface area contributed by atoms with E-state index in [0.29, 0.717) is 11.1 Å². The minimum Gasteiger partial charge on any atom is -0.458 e. The molecule has 1 aromatic rings. The summed E-state index contributed by atoms with van der Waals surface area (Å²) in [6.07, 6.45) is 2.77. The normalized spacial score (nSPS) is 15.2. The van der Waals surface area contributed by atoms with E-state index in [2.05, 4.69) is 6.92 Å². The molecule has 0 aliphatic carbocycles. The van der Waals surface area contributed by atoms with Gasteiger partial charge in [0.05, 0.1) is 11.1 Å². The van der Waals surface area contributed by atoms with E-state index in [1.165, 1.54) is 0 Å². The first-order chi connectivity index (χ1) is 8.74. The molecule has 1 aliphatic rings. The molecule has 4 nitrogen and oxygen atoms in total. The van der Waals surface area contributed by atoms with Gasteiger partial charge in [0.25, 0.3) is 0 Å². The third-order valence-electron chi connectivity index (χ3n) is 2.92. The second-order valence-electron chi connectivity index (χ2n) is 4.22. The highest BCUT2D eigenvalue weighted by molar-refractivity contribution is 6.04. The van der Waals surface area contributed by atoms with Crippen molar-refractivity contribution in [3.63, 3.8) is 0 Å². The lowest BCUT2D eigenvalue weighted by molar-refractivity contribution is 0.0224. The Bertz CT molecular complexity index is 465. The molecule has 0 aromatic heterocycles. The van der Waals surface area contributed by atoms with Crippen molar-refractivity contribution in [3.8, 4) is 0 Å². The zero-order valence-corrected chi connectivity index (χ0v) is 10.4. The second kappa shape index (κ2) is 5.67. The van der Waals surface area contributed by atoms with Crippen molar-refractivity contribution < 1.29 is 19.1 Å². The summed E-state index contributed by atoms with van der Waals surface area (Å²) in [5.41, 5.74) is 1.54. The lowest BCUT2D eigenvalue weighted by atomic mass is 9.97. The van der Waals surface area contributed by atoms with Crippen molar-refractivity contribution in [1.82, 2.24) is 0 Å². The van der Waals surface area contributed by atoms with Crippen LogP contribution in [0.5, 0.6) is 0 Å². The molecule has 1 heterocycles. The molecule has 1 aromatic carbocycles. The van der Waals surface area contributed by atoms with Crippen LogP contribution in [0.1, 0.15) is 46.0 Å². The van der Waals surface area contributed by atoms with Gasteiger partial charge in [0.15, 0.2) is 0 Å². The zero-order chi connectivity index (χ0) is 13.0. The van der Waals surface area contributed by atoms with Gasteiger partial charge in [0, 0.05) is 0 Å². The van der Waals surface area contributed by atoms with E-state index in [-0.39, 0.29) is 13.2 Å². The van der Waals surface area contributed by atoms with Gasteiger partial charge in [-0.15, -0.1) is 0 Å². The van der Waals surface area contributed by atoms with Gasteiger partial charge in [-0.05, 0) is 24.5 Å². The number of cyclic esters (lactones) is 2. The lowest BCUT2D eigenvalue weighted by Crippen LogP contribution is -2.23. The van der Waals surface area contributed by atoms with E-state index in [1.807, 2.05) is 6.07 Å². The smallest absolute Gasteiger partial charge is 0.339 e. The third-order valence-corrected chi connectivity index (χ3v) is 2.92. The summed E-state index contributed by atoms with van der Waals surface area (Å²) in [7, 11) is 0. The molecule has 0 fully saturated rings. The van der Waals surface area contributed by atoms with Crippen LogP contribution in [0.3, 0.4) is 0 Å². The highest BCUT2D eigenvalue weighted by Gasteiger charge is 2.24. The molecule has 0 amide bonds. The quantitative estimate of drug-likeness (QED) is 0.770. The predicted octanol–water partition coefficient (Wildman–Crippen LogP) is 2.36. The average molecular weight is 248 g/mol. The number of carbonyl (C=O) groups is 2. The summed E-state index contributed by atoms with van der Waals surface area (Å²) >= 11 is 0. The Kier molecular flexibility index (Phi) is 3.97. The molecule has 0 spiro atoms. The fraction of sp³-hybridized carbons (Fsp3) is 0.429. The predicted molar refractivity (Wildman–Crippen MR) is 65.6 cm³/mol. The molecule has 2 rings (SSSR count). The molecule has 1 aliphatic heterocycles. The van der Waals surface area contributed by atoms with Gasteiger partial charge in [-0.2, -0.15) is 0 Å². The monoisotopic (exact) mass is 248 g/mol. The first-order valence-electron chi connectivity index (χ1n) is 6.20. The van der Waals surface area contributed by atoms with Crippen molar-refractivity contribution in [1.29, 1.82) is 0 Å². The molecule has 4 heteroatoms. The Hall–Kier alpha value is -1.84. The van der Waals surface area contributed by atoms with E-state index in [4.69, 9.17) is 9.47 Å². The molecular formula is C14H16O4. The highest BCUT2D eigenvalue weighted by Crippen LogP contribution is 2.20. The Balaban J connectivity index is 2.44. The Morgan fingerprint density at radius 3 is 2.56 bits per heavy atom. The fourth-order valence-corrected chi connectivity index (χ4v) is 2.01. The minimum absolute atomic E-state index is 0.114. The van der Waals surface area contributed by atoms with Crippen LogP contribution in [0.15, 0.2) is 18.2 Å². The molecule has 0 saturated carbocycles. The van der Waals surface area contributed by atoms with Gasteiger partial charge in [-0.3, -0.25) is 0 Å². The van der Waals surface area contributed by atoms with Crippen molar-refractivity contribution in [2.45, 2.75) is 26.2 Å². The maximum Gasteiger partial charge on any atom is 0.339 e. The summed E-state index contributed by atoms with van der Waals surface area (Å²) in [4.78, 5) is 23.8. The van der Waals surface area contributed by atoms with Crippen LogP contribution >= 0.6 is 0 Å². The molecule has 0 bridgehead atoms. The van der Waals surface area contributed by atoms with Gasteiger partial charge >= 0.3 is 11.9 Å². The van der Waals surface area contributed by atoms with Gasteiger partial charge in [-0.1, -0.05) is 25.5 Å². The van der Waals surface area contributed by atoms with Gasteiger partial charge in [0.1, 0.15) is 13.2 Å². The SMILES string of the molecule is CCCCc1cccc2c1C(=O)OCCOC2=O. The molecule has 0 unspecified atom stereocenters. The Labute approximate surface area is 106 Å². The van der Waals surface area contributed by atoms with Crippen LogP contribution in [0.2, 0.25) is 0 Å². The zero-order valence-electron chi connectivity index (χ0n) is 10.4. The van der Waals surface area contributed by atoms with E-state index in [1.54, 1.807) is 12.1 Å². The van der Waals surface area contributed by atoms with Crippen molar-refractivity contribution in [3.05, 3.63) is 34.9 Å². The number of fused-ring (bicyclic) bond motifs is 1. The minimum atomic E-state index is -0.444. The maximum absolute atomic E-state index is 12.0. The van der Waals surface area contributed by atoms with Gasteiger partial charge in [-0.25, -0.2) is 9.59 Å². The number of rotatable bonds is 3.